The number of hydrogen-bond acceptors (Lipinski definition) is 9. The Kier molecular flexibility index (Phi) is 11.6. The Morgan fingerprint density at radius 1 is 0.887 bits per heavy atom. The molecule has 3 unspecified atom stereocenters. The van der Waals surface area contributed by atoms with E-state index in [0.29, 0.717) is 41.5 Å². The summed E-state index contributed by atoms with van der Waals surface area (Å²) >= 11 is 0. The van der Waals surface area contributed by atoms with Crippen LogP contribution in [0.1, 0.15) is 55.8 Å². The van der Waals surface area contributed by atoms with Gasteiger partial charge in [-0.05, 0) is 120 Å². The van der Waals surface area contributed by atoms with Crippen LogP contribution in [-0.2, 0) is 9.47 Å². The second-order valence-electron chi connectivity index (χ2n) is 13.6. The van der Waals surface area contributed by atoms with Crippen molar-refractivity contribution in [2.75, 3.05) is 6.61 Å². The molecule has 6 atom stereocenters. The molecule has 1 saturated heterocycles. The minimum Gasteiger partial charge on any atom is -0.512 e. The molecule has 4 aliphatic rings. The second-order valence-corrected chi connectivity index (χ2v) is 13.6. The number of phenolic OH excluding ortho intramolecular Hbond substituents is 3. The van der Waals surface area contributed by atoms with Crippen molar-refractivity contribution in [1.29, 1.82) is 0 Å². The molecule has 2 aliphatic heterocycles. The number of unbranched alkanes of at least 4 members (excludes halogenated alkanes) is 1. The van der Waals surface area contributed by atoms with Gasteiger partial charge >= 0.3 is 0 Å². The molecule has 0 radical (unpaired) electrons. The Bertz CT molecular complexity index is 1970. The van der Waals surface area contributed by atoms with Gasteiger partial charge in [0.2, 0.25) is 0 Å². The van der Waals surface area contributed by atoms with Crippen molar-refractivity contribution in [2.45, 2.75) is 62.9 Å². The smallest absolute Gasteiger partial charge is 0.119 e. The van der Waals surface area contributed by atoms with E-state index in [1.165, 1.54) is 6.07 Å². The van der Waals surface area contributed by atoms with Crippen LogP contribution in [0.25, 0.3) is 0 Å². The molecule has 7 N–H and O–H groups in total. The highest BCUT2D eigenvalue weighted by Gasteiger charge is 2.47. The Morgan fingerprint density at radius 3 is 2.34 bits per heavy atom. The number of ether oxygens (including phenoxy) is 2. The van der Waals surface area contributed by atoms with Crippen molar-refractivity contribution >= 4 is 0 Å². The van der Waals surface area contributed by atoms with Gasteiger partial charge in [-0.15, -0.1) is 0 Å². The van der Waals surface area contributed by atoms with Crippen molar-refractivity contribution < 1.29 is 45.2 Å². The molecule has 53 heavy (non-hydrogen) atoms. The number of aliphatic hydroxyl groups is 4. The van der Waals surface area contributed by atoms with E-state index in [1.54, 1.807) is 78.9 Å². The second kappa shape index (κ2) is 16.5. The fraction of sp³-hybridized carbons (Fsp3) is 0.273. The van der Waals surface area contributed by atoms with Gasteiger partial charge in [0.15, 0.2) is 0 Å². The summed E-state index contributed by atoms with van der Waals surface area (Å²) in [6, 6.07) is 11.1. The standard InChI is InChI=1S/C44H46O9/c1-3-7-31(45)9-6-4-5-8-29-20-34(48)18-19-52-43(27-10-14-32(46)15-11-27)40(26(29)2)38-24-37(51)25-39-42(38)41(30-21-35(49)23-36(50)22-30)44(53-39)28-12-16-33(47)17-13-28/h3,5,7-14,16-18,20-24,32,39-41,43-51H,2,4,6,15,19,25H2,1H3/b7-3-,8-5+,29-20-,31-9+,34-18+/t32?,39?,40-,41-,43?,44+/m1/s1. The number of benzene rings is 2. The van der Waals surface area contributed by atoms with E-state index in [9.17, 15) is 35.7 Å². The van der Waals surface area contributed by atoms with Crippen LogP contribution in [0.2, 0.25) is 0 Å². The summed E-state index contributed by atoms with van der Waals surface area (Å²) in [5.74, 6) is -1.14. The third-order valence-electron chi connectivity index (χ3n) is 9.86. The van der Waals surface area contributed by atoms with Gasteiger partial charge < -0.3 is 45.2 Å². The third-order valence-corrected chi connectivity index (χ3v) is 9.86. The van der Waals surface area contributed by atoms with Crippen molar-refractivity contribution in [1.82, 2.24) is 0 Å². The molecule has 2 heterocycles. The number of rotatable bonds is 9. The number of hydrogen-bond donors (Lipinski definition) is 7. The Hall–Kier alpha value is -5.48. The first kappa shape index (κ1) is 37.3. The van der Waals surface area contributed by atoms with Crippen LogP contribution in [0.15, 0.2) is 161 Å². The lowest BCUT2D eigenvalue weighted by molar-refractivity contribution is 0.0402. The van der Waals surface area contributed by atoms with Gasteiger partial charge in [0.1, 0.15) is 28.8 Å². The summed E-state index contributed by atoms with van der Waals surface area (Å²) in [7, 11) is 0. The van der Waals surface area contributed by atoms with Crippen LogP contribution in [0.3, 0.4) is 0 Å². The lowest BCUT2D eigenvalue weighted by atomic mass is 9.71. The number of allylic oxidation sites excluding steroid dienone is 8. The molecule has 0 aromatic heterocycles. The predicted octanol–water partition coefficient (Wildman–Crippen LogP) is 8.71. The van der Waals surface area contributed by atoms with E-state index in [0.717, 1.165) is 16.7 Å². The first-order valence-corrected chi connectivity index (χ1v) is 17.8. The number of aromatic hydroxyl groups is 3. The number of phenols is 3. The molecule has 0 bridgehead atoms. The highest BCUT2D eigenvalue weighted by Crippen LogP contribution is 2.55. The van der Waals surface area contributed by atoms with Crippen LogP contribution in [0, 0.1) is 5.92 Å². The quantitative estimate of drug-likeness (QED) is 0.0765. The minimum atomic E-state index is -0.692. The summed E-state index contributed by atoms with van der Waals surface area (Å²) < 4.78 is 13.3. The van der Waals surface area contributed by atoms with E-state index in [-0.39, 0.29) is 47.6 Å². The Labute approximate surface area is 309 Å². The number of aliphatic hydroxyl groups excluding tert-OH is 4. The van der Waals surface area contributed by atoms with E-state index >= 15 is 0 Å². The van der Waals surface area contributed by atoms with E-state index in [4.69, 9.17) is 9.47 Å². The zero-order valence-electron chi connectivity index (χ0n) is 29.5. The molecule has 9 nitrogen and oxygen atoms in total. The van der Waals surface area contributed by atoms with Gasteiger partial charge in [0, 0.05) is 24.3 Å². The average Bonchev–Trinajstić information content (AvgIpc) is 3.51. The predicted molar refractivity (Wildman–Crippen MR) is 203 cm³/mol. The molecule has 6 rings (SSSR count). The van der Waals surface area contributed by atoms with Gasteiger partial charge in [-0.25, -0.2) is 0 Å². The fourth-order valence-corrected chi connectivity index (χ4v) is 7.50. The maximum atomic E-state index is 11.4. The molecule has 2 aromatic rings. The van der Waals surface area contributed by atoms with Crippen LogP contribution < -0.4 is 0 Å². The maximum absolute atomic E-state index is 11.4. The molecule has 1 fully saturated rings. The van der Waals surface area contributed by atoms with Crippen LogP contribution in [0.5, 0.6) is 17.2 Å². The maximum Gasteiger partial charge on any atom is 0.119 e. The lowest BCUT2D eigenvalue weighted by Gasteiger charge is -2.36. The largest absolute Gasteiger partial charge is 0.512 e. The highest BCUT2D eigenvalue weighted by atomic mass is 16.5. The molecule has 0 amide bonds. The zero-order valence-corrected chi connectivity index (χ0v) is 29.5. The normalized spacial score (nSPS) is 28.8. The molecule has 9 heteroatoms. The fourth-order valence-electron chi connectivity index (χ4n) is 7.50. The summed E-state index contributed by atoms with van der Waals surface area (Å²) in [5, 5.41) is 74.2. The van der Waals surface area contributed by atoms with Crippen molar-refractivity contribution in [3.63, 3.8) is 0 Å². The SMILES string of the molecule is C=C1C(/C=C/CC/C=C(O)\C=C/C)=C\C(O)=C/COC(C2=CCC(O)C=C2)[C@H]1C1=C2C(CC(O)=C1)O[C@@H](c1ccc(O)cc1)[C@@H]2c1cc(O)cc(O)c1. The van der Waals surface area contributed by atoms with Crippen molar-refractivity contribution in [3.05, 3.63) is 172 Å². The van der Waals surface area contributed by atoms with Gasteiger partial charge in [-0.1, -0.05) is 55.2 Å². The lowest BCUT2D eigenvalue weighted by Crippen LogP contribution is -2.33. The first-order valence-electron chi connectivity index (χ1n) is 17.8. The Balaban J connectivity index is 1.54. The third kappa shape index (κ3) is 8.60. The molecule has 2 aliphatic carbocycles. The van der Waals surface area contributed by atoms with Gasteiger partial charge in [-0.3, -0.25) is 0 Å². The summed E-state index contributed by atoms with van der Waals surface area (Å²) in [5.41, 5.74) is 4.78. The van der Waals surface area contributed by atoms with E-state index in [2.05, 4.69) is 6.58 Å². The van der Waals surface area contributed by atoms with E-state index in [1.807, 2.05) is 31.2 Å². The molecule has 0 spiro atoms. The van der Waals surface area contributed by atoms with Gasteiger partial charge in [0.05, 0.1) is 36.8 Å². The van der Waals surface area contributed by atoms with Gasteiger partial charge in [-0.2, -0.15) is 0 Å². The molecule has 276 valence electrons. The van der Waals surface area contributed by atoms with Crippen molar-refractivity contribution in [3.8, 4) is 17.2 Å². The zero-order chi connectivity index (χ0) is 37.6. The minimum absolute atomic E-state index is 0.0123. The van der Waals surface area contributed by atoms with Crippen LogP contribution in [0.4, 0.5) is 0 Å². The van der Waals surface area contributed by atoms with Crippen LogP contribution in [-0.4, -0.2) is 60.7 Å². The summed E-state index contributed by atoms with van der Waals surface area (Å²) in [6.45, 7) is 6.48. The summed E-state index contributed by atoms with van der Waals surface area (Å²) in [6.07, 6.45) is 18.4. The van der Waals surface area contributed by atoms with Crippen LogP contribution >= 0.6 is 0 Å². The average molecular weight is 719 g/mol. The Morgan fingerprint density at radius 2 is 1.64 bits per heavy atom. The number of fused-ring (bicyclic) bond motifs is 1. The molecule has 2 aromatic carbocycles. The van der Waals surface area contributed by atoms with Crippen molar-refractivity contribution in [2.24, 2.45) is 5.92 Å². The topological polar surface area (TPSA) is 160 Å². The van der Waals surface area contributed by atoms with Gasteiger partial charge in [0.25, 0.3) is 0 Å². The highest BCUT2D eigenvalue weighted by molar-refractivity contribution is 5.57. The first-order chi connectivity index (χ1) is 25.5. The summed E-state index contributed by atoms with van der Waals surface area (Å²) in [4.78, 5) is 0. The monoisotopic (exact) mass is 718 g/mol. The molecular weight excluding hydrogens is 672 g/mol. The molecule has 0 saturated carbocycles. The van der Waals surface area contributed by atoms with E-state index < -0.39 is 36.3 Å². The molecular formula is C44H46O9.